The van der Waals surface area contributed by atoms with E-state index in [0.29, 0.717) is 35.5 Å². The van der Waals surface area contributed by atoms with Gasteiger partial charge in [-0.05, 0) is 30.3 Å². The molecule has 2 N–H and O–H groups in total. The molecule has 0 aliphatic rings. The Labute approximate surface area is 171 Å². The summed E-state index contributed by atoms with van der Waals surface area (Å²) in [6.07, 6.45) is 0.0698. The van der Waals surface area contributed by atoms with Crippen LogP contribution in [0.4, 0.5) is 5.69 Å². The zero-order valence-corrected chi connectivity index (χ0v) is 16.5. The van der Waals surface area contributed by atoms with Crippen molar-refractivity contribution in [3.05, 3.63) is 63.6 Å². The van der Waals surface area contributed by atoms with Gasteiger partial charge in [0, 0.05) is 32.3 Å². The molecule has 3 rings (SSSR count). The number of ether oxygens (including phenoxy) is 1. The van der Waals surface area contributed by atoms with Crippen molar-refractivity contribution in [2.45, 2.75) is 13.0 Å². The van der Waals surface area contributed by atoms with E-state index in [4.69, 9.17) is 20.8 Å². The monoisotopic (exact) mass is 417 g/mol. The Balaban J connectivity index is 1.60. The summed E-state index contributed by atoms with van der Waals surface area (Å²) in [7, 11) is 1.54. The van der Waals surface area contributed by atoms with Gasteiger partial charge in [-0.2, -0.15) is 0 Å². The smallest absolute Gasteiger partial charge is 0.408 e. The van der Waals surface area contributed by atoms with E-state index in [1.165, 1.54) is 16.7 Å². The molecule has 0 saturated heterocycles. The van der Waals surface area contributed by atoms with Gasteiger partial charge in [-0.25, -0.2) is 4.79 Å². The van der Waals surface area contributed by atoms with Gasteiger partial charge in [0.15, 0.2) is 5.58 Å². The van der Waals surface area contributed by atoms with Crippen LogP contribution in [0.25, 0.3) is 11.1 Å². The third-order valence-corrected chi connectivity index (χ3v) is 4.54. The van der Waals surface area contributed by atoms with Crippen molar-refractivity contribution in [3.63, 3.8) is 0 Å². The van der Waals surface area contributed by atoms with E-state index in [0.717, 1.165) is 0 Å². The highest BCUT2D eigenvalue weighted by atomic mass is 35.5. The molecule has 0 fully saturated rings. The number of nitrogens with zero attached hydrogens (tertiary/aromatic N) is 1. The Kier molecular flexibility index (Phi) is 6.69. The summed E-state index contributed by atoms with van der Waals surface area (Å²) in [6.45, 7) is 0.939. The van der Waals surface area contributed by atoms with Crippen molar-refractivity contribution in [1.29, 1.82) is 0 Å². The lowest BCUT2D eigenvalue weighted by Gasteiger charge is -2.09. The number of fused-ring (bicyclic) bond motifs is 1. The lowest BCUT2D eigenvalue weighted by molar-refractivity contribution is -0.116. The lowest BCUT2D eigenvalue weighted by atomic mass is 10.2. The van der Waals surface area contributed by atoms with Crippen LogP contribution < -0.4 is 16.4 Å². The Hall–Kier alpha value is -3.10. The van der Waals surface area contributed by atoms with Gasteiger partial charge in [0.1, 0.15) is 0 Å². The summed E-state index contributed by atoms with van der Waals surface area (Å²) in [5, 5.41) is 5.61. The second-order valence-electron chi connectivity index (χ2n) is 6.23. The van der Waals surface area contributed by atoms with Crippen molar-refractivity contribution >= 4 is 40.2 Å². The summed E-state index contributed by atoms with van der Waals surface area (Å²) in [5.41, 5.74) is 1.87. The van der Waals surface area contributed by atoms with Gasteiger partial charge in [-0.1, -0.05) is 23.7 Å². The summed E-state index contributed by atoms with van der Waals surface area (Å²) >= 11 is 6.16. The Bertz CT molecular complexity index is 1090. The Morgan fingerprint density at radius 3 is 2.76 bits per heavy atom. The Morgan fingerprint density at radius 1 is 1.21 bits per heavy atom. The number of anilines is 1. The molecule has 0 bridgehead atoms. The number of para-hydroxylation sites is 2. The molecule has 8 nitrogen and oxygen atoms in total. The standard InChI is InChI=1S/C20H20ClN3O5/c1-28-11-9-22-19(26)14-7-6-13(12-15(14)21)23-18(25)8-10-24-16-4-2-3-5-17(16)29-20(24)27/h2-7,12H,8-11H2,1H3,(H,22,26)(H,23,25). The van der Waals surface area contributed by atoms with Crippen LogP contribution >= 0.6 is 11.6 Å². The first-order valence-corrected chi connectivity index (χ1v) is 9.32. The van der Waals surface area contributed by atoms with Crippen LogP contribution in [0, 0.1) is 0 Å². The van der Waals surface area contributed by atoms with Crippen molar-refractivity contribution in [2.75, 3.05) is 25.6 Å². The number of oxazole rings is 1. The van der Waals surface area contributed by atoms with E-state index in [1.54, 1.807) is 37.4 Å². The van der Waals surface area contributed by atoms with E-state index < -0.39 is 5.76 Å². The molecule has 0 aliphatic heterocycles. The maximum Gasteiger partial charge on any atom is 0.419 e. The number of rotatable bonds is 8. The van der Waals surface area contributed by atoms with Crippen LogP contribution in [0.5, 0.6) is 0 Å². The van der Waals surface area contributed by atoms with Crippen molar-refractivity contribution in [1.82, 2.24) is 9.88 Å². The average Bonchev–Trinajstić information content (AvgIpc) is 3.01. The predicted octanol–water partition coefficient (Wildman–Crippen LogP) is 2.65. The minimum atomic E-state index is -0.508. The summed E-state index contributed by atoms with van der Waals surface area (Å²) in [5.74, 6) is -1.13. The fourth-order valence-electron chi connectivity index (χ4n) is 2.80. The third kappa shape index (κ3) is 5.04. The molecule has 0 spiro atoms. The fraction of sp³-hybridized carbons (Fsp3) is 0.250. The van der Waals surface area contributed by atoms with Gasteiger partial charge in [0.2, 0.25) is 5.91 Å². The number of methoxy groups -OCH3 is 1. The average molecular weight is 418 g/mol. The molecule has 3 aromatic rings. The number of aryl methyl sites for hydroxylation is 1. The fourth-order valence-corrected chi connectivity index (χ4v) is 3.07. The van der Waals surface area contributed by atoms with E-state index in [9.17, 15) is 14.4 Å². The summed E-state index contributed by atoms with van der Waals surface area (Å²) in [6, 6.07) is 11.7. The first-order chi connectivity index (χ1) is 14.0. The molecule has 0 aliphatic carbocycles. The molecular formula is C20H20ClN3O5. The van der Waals surface area contributed by atoms with Gasteiger partial charge < -0.3 is 19.8 Å². The molecule has 152 valence electrons. The van der Waals surface area contributed by atoms with Crippen molar-refractivity contribution in [2.24, 2.45) is 0 Å². The number of aromatic nitrogens is 1. The predicted molar refractivity (Wildman–Crippen MR) is 109 cm³/mol. The number of nitrogens with one attached hydrogen (secondary N) is 2. The highest BCUT2D eigenvalue weighted by Gasteiger charge is 2.13. The summed E-state index contributed by atoms with van der Waals surface area (Å²) in [4.78, 5) is 36.3. The quantitative estimate of drug-likeness (QED) is 0.548. The molecule has 0 atom stereocenters. The van der Waals surface area contributed by atoms with Crippen LogP contribution in [-0.4, -0.2) is 36.6 Å². The SMILES string of the molecule is COCCNC(=O)c1ccc(NC(=O)CCn2c(=O)oc3ccccc32)cc1Cl. The molecular weight excluding hydrogens is 398 g/mol. The van der Waals surface area contributed by atoms with Crippen LogP contribution in [0.3, 0.4) is 0 Å². The number of carbonyl (C=O) groups is 2. The molecule has 2 aromatic carbocycles. The first-order valence-electron chi connectivity index (χ1n) is 8.94. The first kappa shape index (κ1) is 20.6. The summed E-state index contributed by atoms with van der Waals surface area (Å²) < 4.78 is 11.4. The van der Waals surface area contributed by atoms with E-state index >= 15 is 0 Å². The Morgan fingerprint density at radius 2 is 2.00 bits per heavy atom. The number of amides is 2. The zero-order chi connectivity index (χ0) is 20.8. The van der Waals surface area contributed by atoms with E-state index in [-0.39, 0.29) is 29.8 Å². The van der Waals surface area contributed by atoms with Crippen LogP contribution in [0.1, 0.15) is 16.8 Å². The molecule has 2 amide bonds. The minimum Gasteiger partial charge on any atom is -0.408 e. The second kappa shape index (κ2) is 9.40. The highest BCUT2D eigenvalue weighted by Crippen LogP contribution is 2.21. The normalized spacial score (nSPS) is 10.8. The topological polar surface area (TPSA) is 103 Å². The van der Waals surface area contributed by atoms with Gasteiger partial charge >= 0.3 is 5.76 Å². The number of halogens is 1. The van der Waals surface area contributed by atoms with Gasteiger partial charge in [0.05, 0.1) is 22.7 Å². The van der Waals surface area contributed by atoms with Crippen molar-refractivity contribution < 1.29 is 18.7 Å². The van der Waals surface area contributed by atoms with E-state index in [1.807, 2.05) is 0 Å². The van der Waals surface area contributed by atoms with Crippen LogP contribution in [0.15, 0.2) is 51.7 Å². The molecule has 1 aromatic heterocycles. The second-order valence-corrected chi connectivity index (χ2v) is 6.64. The molecule has 1 heterocycles. The van der Waals surface area contributed by atoms with Gasteiger partial charge in [-0.3, -0.25) is 14.2 Å². The molecule has 0 saturated carbocycles. The number of hydrogen-bond acceptors (Lipinski definition) is 5. The number of benzene rings is 2. The van der Waals surface area contributed by atoms with Gasteiger partial charge in [0.25, 0.3) is 5.91 Å². The number of carbonyl (C=O) groups excluding carboxylic acids is 2. The third-order valence-electron chi connectivity index (χ3n) is 4.23. The molecule has 0 unspecified atom stereocenters. The highest BCUT2D eigenvalue weighted by molar-refractivity contribution is 6.34. The van der Waals surface area contributed by atoms with Crippen molar-refractivity contribution in [3.8, 4) is 0 Å². The molecule has 29 heavy (non-hydrogen) atoms. The van der Waals surface area contributed by atoms with Crippen LogP contribution in [0.2, 0.25) is 5.02 Å². The maximum absolute atomic E-state index is 12.3. The largest absolute Gasteiger partial charge is 0.419 e. The molecule has 0 radical (unpaired) electrons. The lowest BCUT2D eigenvalue weighted by Crippen LogP contribution is -2.27. The molecule has 9 heteroatoms. The van der Waals surface area contributed by atoms with E-state index in [2.05, 4.69) is 10.6 Å². The number of hydrogen-bond donors (Lipinski definition) is 2. The van der Waals surface area contributed by atoms with Gasteiger partial charge in [-0.15, -0.1) is 0 Å². The van der Waals surface area contributed by atoms with Crippen LogP contribution in [-0.2, 0) is 16.1 Å². The zero-order valence-electron chi connectivity index (χ0n) is 15.7. The minimum absolute atomic E-state index is 0.0698. The maximum atomic E-state index is 12.3.